The van der Waals surface area contributed by atoms with Crippen LogP contribution in [0, 0.1) is 5.82 Å². The van der Waals surface area contributed by atoms with Gasteiger partial charge in [0.05, 0.1) is 12.7 Å². The molecule has 1 saturated heterocycles. The fourth-order valence-electron chi connectivity index (χ4n) is 2.26. The molecule has 5 heteroatoms. The highest BCUT2D eigenvalue weighted by Crippen LogP contribution is 2.20. The topological polar surface area (TPSA) is 47.6 Å². The third-order valence-corrected chi connectivity index (χ3v) is 3.75. The molecule has 0 radical (unpaired) electrons. The maximum atomic E-state index is 13.8. The molecule has 20 heavy (non-hydrogen) atoms. The minimum absolute atomic E-state index is 0.0236. The van der Waals surface area contributed by atoms with Crippen molar-refractivity contribution in [2.24, 2.45) is 0 Å². The van der Waals surface area contributed by atoms with E-state index in [1.807, 2.05) is 0 Å². The van der Waals surface area contributed by atoms with E-state index >= 15 is 0 Å². The molecule has 1 aliphatic heterocycles. The second-order valence-electron chi connectivity index (χ2n) is 5.33. The number of ether oxygens (including phenoxy) is 2. The van der Waals surface area contributed by atoms with Gasteiger partial charge in [-0.1, -0.05) is 6.07 Å². The Kier molecular flexibility index (Phi) is 4.73. The summed E-state index contributed by atoms with van der Waals surface area (Å²) in [7, 11) is 1.24. The summed E-state index contributed by atoms with van der Waals surface area (Å²) in [4.78, 5) is 11.3. The van der Waals surface area contributed by atoms with E-state index in [0.717, 1.165) is 31.6 Å². The lowest BCUT2D eigenvalue weighted by Crippen LogP contribution is -2.46. The number of rotatable bonds is 4. The van der Waals surface area contributed by atoms with Crippen molar-refractivity contribution in [2.45, 2.75) is 31.8 Å². The van der Waals surface area contributed by atoms with Crippen molar-refractivity contribution in [2.75, 3.05) is 20.3 Å². The monoisotopic (exact) mass is 281 g/mol. The van der Waals surface area contributed by atoms with E-state index in [4.69, 9.17) is 4.74 Å². The number of carbonyl (C=O) groups is 1. The van der Waals surface area contributed by atoms with Gasteiger partial charge in [0.2, 0.25) is 0 Å². The quantitative estimate of drug-likeness (QED) is 0.860. The fourth-order valence-corrected chi connectivity index (χ4v) is 2.26. The molecule has 110 valence electrons. The largest absolute Gasteiger partial charge is 0.465 e. The second kappa shape index (κ2) is 6.33. The molecule has 1 aromatic rings. The normalized spacial score (nSPS) is 17.8. The first kappa shape index (κ1) is 14.9. The number of benzene rings is 1. The third-order valence-electron chi connectivity index (χ3n) is 3.75. The SMILES string of the molecule is COC(=O)c1ccc(CNC2(C)CCOCC2)cc1F. The molecule has 0 bridgehead atoms. The van der Waals surface area contributed by atoms with Crippen molar-refractivity contribution in [3.63, 3.8) is 0 Å². The fraction of sp³-hybridized carbons (Fsp3) is 0.533. The molecular formula is C15H20FNO3. The summed E-state index contributed by atoms with van der Waals surface area (Å²) in [6.07, 6.45) is 1.88. The molecule has 2 rings (SSSR count). The molecule has 1 aliphatic rings. The molecule has 1 N–H and O–H groups in total. The van der Waals surface area contributed by atoms with Gasteiger partial charge in [-0.15, -0.1) is 0 Å². The lowest BCUT2D eigenvalue weighted by Gasteiger charge is -2.34. The summed E-state index contributed by atoms with van der Waals surface area (Å²) in [6, 6.07) is 4.58. The molecule has 0 amide bonds. The number of hydrogen-bond donors (Lipinski definition) is 1. The third kappa shape index (κ3) is 3.55. The van der Waals surface area contributed by atoms with Crippen molar-refractivity contribution in [1.82, 2.24) is 5.32 Å². The molecule has 1 fully saturated rings. The van der Waals surface area contributed by atoms with Crippen LogP contribution in [0.2, 0.25) is 0 Å². The second-order valence-corrected chi connectivity index (χ2v) is 5.33. The van der Waals surface area contributed by atoms with Crippen LogP contribution in [0.3, 0.4) is 0 Å². The zero-order valence-corrected chi connectivity index (χ0v) is 11.9. The highest BCUT2D eigenvalue weighted by molar-refractivity contribution is 5.89. The van der Waals surface area contributed by atoms with Crippen LogP contribution in [0.15, 0.2) is 18.2 Å². The van der Waals surface area contributed by atoms with Crippen LogP contribution >= 0.6 is 0 Å². The molecule has 0 aliphatic carbocycles. The number of hydrogen-bond acceptors (Lipinski definition) is 4. The van der Waals surface area contributed by atoms with Crippen LogP contribution in [0.25, 0.3) is 0 Å². The average molecular weight is 281 g/mol. The van der Waals surface area contributed by atoms with Crippen LogP contribution < -0.4 is 5.32 Å². The molecule has 0 atom stereocenters. The van der Waals surface area contributed by atoms with Crippen LogP contribution in [0.4, 0.5) is 4.39 Å². The smallest absolute Gasteiger partial charge is 0.340 e. The Bertz CT molecular complexity index is 484. The Morgan fingerprint density at radius 1 is 1.45 bits per heavy atom. The summed E-state index contributed by atoms with van der Waals surface area (Å²) in [6.45, 7) is 4.21. The summed E-state index contributed by atoms with van der Waals surface area (Å²) in [5.41, 5.74) is 0.798. The first-order chi connectivity index (χ1) is 9.54. The van der Waals surface area contributed by atoms with Crippen molar-refractivity contribution < 1.29 is 18.7 Å². The van der Waals surface area contributed by atoms with E-state index in [0.29, 0.717) is 6.54 Å². The zero-order valence-electron chi connectivity index (χ0n) is 11.9. The summed E-state index contributed by atoms with van der Waals surface area (Å²) >= 11 is 0. The highest BCUT2D eigenvalue weighted by Gasteiger charge is 2.26. The summed E-state index contributed by atoms with van der Waals surface area (Å²) in [5.74, 6) is -1.20. The molecule has 1 heterocycles. The lowest BCUT2D eigenvalue weighted by atomic mass is 9.92. The van der Waals surface area contributed by atoms with Crippen LogP contribution in [-0.4, -0.2) is 31.8 Å². The van der Waals surface area contributed by atoms with Gasteiger partial charge in [0, 0.05) is 25.3 Å². The Balaban J connectivity index is 2.00. The summed E-state index contributed by atoms with van der Waals surface area (Å²) < 4.78 is 23.7. The minimum Gasteiger partial charge on any atom is -0.465 e. The van der Waals surface area contributed by atoms with Crippen molar-refractivity contribution in [3.05, 3.63) is 35.1 Å². The molecule has 0 aromatic heterocycles. The van der Waals surface area contributed by atoms with Crippen molar-refractivity contribution in [3.8, 4) is 0 Å². The van der Waals surface area contributed by atoms with Gasteiger partial charge in [0.25, 0.3) is 0 Å². The Morgan fingerprint density at radius 3 is 2.75 bits per heavy atom. The van der Waals surface area contributed by atoms with Gasteiger partial charge in [0.15, 0.2) is 0 Å². The number of methoxy groups -OCH3 is 1. The molecular weight excluding hydrogens is 261 g/mol. The molecule has 0 spiro atoms. The standard InChI is InChI=1S/C15H20FNO3/c1-15(5-7-20-8-6-15)17-10-11-3-4-12(13(16)9-11)14(18)19-2/h3-4,9,17H,5-8,10H2,1-2H3. The van der Waals surface area contributed by atoms with E-state index in [1.165, 1.54) is 19.2 Å². The molecule has 0 saturated carbocycles. The number of nitrogens with one attached hydrogen (secondary N) is 1. The predicted molar refractivity (Wildman–Crippen MR) is 73.0 cm³/mol. The first-order valence-corrected chi connectivity index (χ1v) is 6.74. The highest BCUT2D eigenvalue weighted by atomic mass is 19.1. The maximum Gasteiger partial charge on any atom is 0.340 e. The Morgan fingerprint density at radius 2 is 2.15 bits per heavy atom. The maximum absolute atomic E-state index is 13.8. The van der Waals surface area contributed by atoms with Crippen LogP contribution in [0.5, 0.6) is 0 Å². The van der Waals surface area contributed by atoms with E-state index in [9.17, 15) is 9.18 Å². The predicted octanol–water partition coefficient (Wildman–Crippen LogP) is 2.27. The lowest BCUT2D eigenvalue weighted by molar-refractivity contribution is 0.0446. The van der Waals surface area contributed by atoms with Gasteiger partial charge in [0.1, 0.15) is 5.82 Å². The van der Waals surface area contributed by atoms with E-state index < -0.39 is 11.8 Å². The van der Waals surface area contributed by atoms with Gasteiger partial charge in [-0.2, -0.15) is 0 Å². The average Bonchev–Trinajstić information content (AvgIpc) is 2.45. The molecule has 1 aromatic carbocycles. The van der Waals surface area contributed by atoms with Gasteiger partial charge in [-0.25, -0.2) is 9.18 Å². The van der Waals surface area contributed by atoms with E-state index in [-0.39, 0.29) is 11.1 Å². The van der Waals surface area contributed by atoms with Gasteiger partial charge in [-0.05, 0) is 37.5 Å². The van der Waals surface area contributed by atoms with E-state index in [2.05, 4.69) is 17.0 Å². The Labute approximate surface area is 118 Å². The zero-order chi connectivity index (χ0) is 14.6. The van der Waals surface area contributed by atoms with Crippen LogP contribution in [-0.2, 0) is 16.0 Å². The minimum atomic E-state index is -0.654. The number of halogens is 1. The molecule has 4 nitrogen and oxygen atoms in total. The number of esters is 1. The Hall–Kier alpha value is -1.46. The molecule has 0 unspecified atom stereocenters. The van der Waals surface area contributed by atoms with E-state index in [1.54, 1.807) is 6.07 Å². The number of carbonyl (C=O) groups excluding carboxylic acids is 1. The van der Waals surface area contributed by atoms with Crippen molar-refractivity contribution >= 4 is 5.97 Å². The summed E-state index contributed by atoms with van der Waals surface area (Å²) in [5, 5.41) is 3.44. The van der Waals surface area contributed by atoms with Gasteiger partial charge >= 0.3 is 5.97 Å². The first-order valence-electron chi connectivity index (χ1n) is 6.74. The van der Waals surface area contributed by atoms with Gasteiger partial charge < -0.3 is 14.8 Å². The van der Waals surface area contributed by atoms with Crippen molar-refractivity contribution in [1.29, 1.82) is 0 Å². The van der Waals surface area contributed by atoms with Gasteiger partial charge in [-0.3, -0.25) is 0 Å². The van der Waals surface area contributed by atoms with Crippen LogP contribution in [0.1, 0.15) is 35.7 Å².